The number of phenolic OH excluding ortho intramolecular Hbond substituents is 1. The minimum Gasteiger partial charge on any atom is -0.504 e. The van der Waals surface area contributed by atoms with E-state index >= 15 is 9.59 Å². The molecular weight excluding hydrogens is 779 g/mol. The third-order valence-electron chi connectivity index (χ3n) is 13.2. The zero-order valence-electron chi connectivity index (χ0n) is 34.6. The van der Waals surface area contributed by atoms with Gasteiger partial charge in [-0.05, 0) is 89.6 Å². The molecule has 310 valence electrons. The minimum atomic E-state index is -1.34. The number of nitrogens with zero attached hydrogens (tertiary/aromatic N) is 1. The van der Waals surface area contributed by atoms with E-state index in [1.54, 1.807) is 44.6 Å². The number of anilines is 1. The van der Waals surface area contributed by atoms with Crippen molar-refractivity contribution in [1.29, 1.82) is 0 Å². The molecule has 9 nitrogen and oxygen atoms in total. The maximum absolute atomic E-state index is 15.2. The number of allylic oxidation sites excluding steroid dienone is 5. The molecule has 2 amide bonds. The largest absolute Gasteiger partial charge is 0.504 e. The van der Waals surface area contributed by atoms with Crippen LogP contribution in [-0.2, 0) is 24.6 Å². The summed E-state index contributed by atoms with van der Waals surface area (Å²) in [7, 11) is 4.70. The molecule has 9 heteroatoms. The molecule has 1 aliphatic heterocycles. The van der Waals surface area contributed by atoms with Gasteiger partial charge in [0.2, 0.25) is 11.8 Å². The van der Waals surface area contributed by atoms with Crippen LogP contribution in [-0.4, -0.2) is 49.8 Å². The number of benzene rings is 5. The van der Waals surface area contributed by atoms with Crippen molar-refractivity contribution in [1.82, 2.24) is 0 Å². The quantitative estimate of drug-likeness (QED) is 0.0842. The van der Waals surface area contributed by atoms with Crippen LogP contribution >= 0.6 is 0 Å². The standard InChI is InChI=1S/C53H45NO8/c1-60-38-22-27-46(61-2)35(29-38)19-14-32-15-20-37(21-16-32)54-51(58)40-24-23-39-42(49(40)52(54)59)30-44-50(57)41(34-10-6-4-7-11-34)31-48(56)53(44,36-12-8-5-9-13-36)43(39)25-17-33-18-26-45(55)47(28-33)62-3/h4-23,25-29,31,40,42-44,49,55H,24,30H2,1-3H3. The molecule has 5 aromatic carbocycles. The lowest BCUT2D eigenvalue weighted by atomic mass is 9.45. The van der Waals surface area contributed by atoms with Crippen LogP contribution in [0.3, 0.4) is 0 Å². The van der Waals surface area contributed by atoms with Crippen molar-refractivity contribution in [2.24, 2.45) is 29.6 Å². The van der Waals surface area contributed by atoms with Gasteiger partial charge in [-0.15, -0.1) is 0 Å². The molecule has 2 fully saturated rings. The van der Waals surface area contributed by atoms with Crippen LogP contribution in [0.1, 0.15) is 40.7 Å². The average molecular weight is 824 g/mol. The summed E-state index contributed by atoms with van der Waals surface area (Å²) in [6.45, 7) is 0. The fourth-order valence-corrected chi connectivity index (χ4v) is 10.3. The number of ketones is 2. The molecule has 1 saturated heterocycles. The summed E-state index contributed by atoms with van der Waals surface area (Å²) in [5.41, 5.74) is 4.09. The summed E-state index contributed by atoms with van der Waals surface area (Å²) in [5, 5.41) is 10.4. The van der Waals surface area contributed by atoms with Crippen molar-refractivity contribution >= 4 is 52.9 Å². The molecule has 1 heterocycles. The second-order valence-corrected chi connectivity index (χ2v) is 16.2. The van der Waals surface area contributed by atoms with Crippen molar-refractivity contribution in [3.05, 3.63) is 173 Å². The van der Waals surface area contributed by atoms with Crippen molar-refractivity contribution in [2.75, 3.05) is 26.2 Å². The fourth-order valence-electron chi connectivity index (χ4n) is 10.3. The Morgan fingerprint density at radius 3 is 2.11 bits per heavy atom. The number of hydrogen-bond acceptors (Lipinski definition) is 8. The molecule has 5 aromatic rings. The maximum Gasteiger partial charge on any atom is 0.238 e. The van der Waals surface area contributed by atoms with Gasteiger partial charge in [0.1, 0.15) is 11.5 Å². The Kier molecular flexibility index (Phi) is 10.6. The maximum atomic E-state index is 15.2. The monoisotopic (exact) mass is 823 g/mol. The number of aromatic hydroxyl groups is 1. The highest BCUT2D eigenvalue weighted by atomic mass is 16.5. The van der Waals surface area contributed by atoms with Crippen LogP contribution in [0.15, 0.2) is 145 Å². The Hall–Kier alpha value is -7.26. The van der Waals surface area contributed by atoms with Crippen molar-refractivity contribution in [3.8, 4) is 23.0 Å². The predicted octanol–water partition coefficient (Wildman–Crippen LogP) is 9.16. The lowest BCUT2D eigenvalue weighted by molar-refractivity contribution is -0.135. The van der Waals surface area contributed by atoms with Gasteiger partial charge in [-0.3, -0.25) is 24.1 Å². The van der Waals surface area contributed by atoms with E-state index < -0.39 is 35.0 Å². The SMILES string of the molecule is COc1ccc(OC)c(C=Cc2ccc(N3C(=O)C4CC=C5C(CC6C(=O)C(c7ccccc7)=CC(=O)C6(c6ccccc6)C5C=Cc5ccc(O)c(OC)c5)C4C3=O)cc2)c1. The van der Waals surface area contributed by atoms with E-state index in [0.29, 0.717) is 51.6 Å². The van der Waals surface area contributed by atoms with E-state index in [-0.39, 0.29) is 35.6 Å². The number of Topliss-reactive ketones (excluding diaryl/α,β-unsaturated/α-hetero) is 1. The van der Waals surface area contributed by atoms with Gasteiger partial charge in [-0.25, -0.2) is 0 Å². The number of amides is 2. The van der Waals surface area contributed by atoms with Gasteiger partial charge in [0.15, 0.2) is 23.1 Å². The highest BCUT2D eigenvalue weighted by molar-refractivity contribution is 6.31. The summed E-state index contributed by atoms with van der Waals surface area (Å²) >= 11 is 0. The summed E-state index contributed by atoms with van der Waals surface area (Å²) in [4.78, 5) is 61.0. The number of imide groups is 1. The molecule has 0 spiro atoms. The van der Waals surface area contributed by atoms with Gasteiger partial charge in [0, 0.05) is 23.0 Å². The molecular formula is C53H45NO8. The molecule has 0 bridgehead atoms. The molecule has 6 atom stereocenters. The van der Waals surface area contributed by atoms with Gasteiger partial charge in [-0.2, -0.15) is 0 Å². The molecule has 3 aliphatic carbocycles. The van der Waals surface area contributed by atoms with Crippen LogP contribution in [0, 0.1) is 29.6 Å². The van der Waals surface area contributed by atoms with Gasteiger partial charge < -0.3 is 19.3 Å². The van der Waals surface area contributed by atoms with Crippen LogP contribution in [0.25, 0.3) is 23.8 Å². The van der Waals surface area contributed by atoms with Crippen molar-refractivity contribution < 1.29 is 38.5 Å². The molecule has 9 rings (SSSR count). The second-order valence-electron chi connectivity index (χ2n) is 16.2. The smallest absolute Gasteiger partial charge is 0.238 e. The van der Waals surface area contributed by atoms with Crippen LogP contribution in [0.2, 0.25) is 0 Å². The van der Waals surface area contributed by atoms with Gasteiger partial charge in [0.25, 0.3) is 0 Å². The molecule has 0 aromatic heterocycles. The summed E-state index contributed by atoms with van der Waals surface area (Å²) in [5.74, 6) is -2.68. The minimum absolute atomic E-state index is 0.00941. The first kappa shape index (κ1) is 40.2. The highest BCUT2D eigenvalue weighted by Crippen LogP contribution is 2.61. The number of carbonyl (C=O) groups is 4. The first-order valence-electron chi connectivity index (χ1n) is 20.7. The van der Waals surface area contributed by atoms with E-state index in [4.69, 9.17) is 14.2 Å². The Morgan fingerprint density at radius 1 is 0.694 bits per heavy atom. The van der Waals surface area contributed by atoms with Crippen molar-refractivity contribution in [2.45, 2.75) is 18.3 Å². The fraction of sp³-hybridized carbons (Fsp3) is 0.208. The number of fused-ring (bicyclic) bond motifs is 4. The summed E-state index contributed by atoms with van der Waals surface area (Å²) < 4.78 is 16.3. The third kappa shape index (κ3) is 6.65. The van der Waals surface area contributed by atoms with E-state index in [1.807, 2.05) is 121 Å². The van der Waals surface area contributed by atoms with Gasteiger partial charge in [0.05, 0.1) is 44.3 Å². The average Bonchev–Trinajstić information content (AvgIpc) is 3.57. The molecule has 6 unspecified atom stereocenters. The number of ether oxygens (including phenoxy) is 3. The lowest BCUT2D eigenvalue weighted by Crippen LogP contribution is -2.59. The van der Waals surface area contributed by atoms with Crippen LogP contribution < -0.4 is 19.1 Å². The van der Waals surface area contributed by atoms with Gasteiger partial charge in [-0.1, -0.05) is 115 Å². The summed E-state index contributed by atoms with van der Waals surface area (Å²) in [6, 6.07) is 36.5. The van der Waals surface area contributed by atoms with E-state index in [0.717, 1.165) is 16.7 Å². The topological polar surface area (TPSA) is 119 Å². The van der Waals surface area contributed by atoms with Crippen LogP contribution in [0.4, 0.5) is 5.69 Å². The molecule has 4 aliphatic rings. The van der Waals surface area contributed by atoms with Crippen molar-refractivity contribution in [3.63, 3.8) is 0 Å². The number of hydrogen-bond donors (Lipinski definition) is 1. The molecule has 62 heavy (non-hydrogen) atoms. The normalized spacial score (nSPS) is 24.4. The zero-order valence-corrected chi connectivity index (χ0v) is 34.6. The molecule has 1 saturated carbocycles. The summed E-state index contributed by atoms with van der Waals surface area (Å²) in [6.07, 6.45) is 11.8. The highest BCUT2D eigenvalue weighted by Gasteiger charge is 2.65. The Bertz CT molecular complexity index is 2720. The van der Waals surface area contributed by atoms with Gasteiger partial charge >= 0.3 is 0 Å². The third-order valence-corrected chi connectivity index (χ3v) is 13.2. The molecule has 1 N–H and O–H groups in total. The number of carbonyl (C=O) groups excluding carboxylic acids is 4. The Labute approximate surface area is 360 Å². The Morgan fingerprint density at radius 2 is 1.40 bits per heavy atom. The van der Waals surface area contributed by atoms with Crippen LogP contribution in [0.5, 0.6) is 23.0 Å². The Balaban J connectivity index is 1.12. The first-order valence-corrected chi connectivity index (χ1v) is 20.7. The number of methoxy groups -OCH3 is 3. The second kappa shape index (κ2) is 16.3. The van der Waals surface area contributed by atoms with E-state index in [2.05, 4.69) is 0 Å². The first-order chi connectivity index (χ1) is 30.2. The lowest BCUT2D eigenvalue weighted by Gasteiger charge is -2.54. The van der Waals surface area contributed by atoms with E-state index in [1.165, 1.54) is 18.1 Å². The molecule has 0 radical (unpaired) electrons. The number of phenols is 1. The zero-order chi connectivity index (χ0) is 43.1. The van der Waals surface area contributed by atoms with E-state index in [9.17, 15) is 14.7 Å². The predicted molar refractivity (Wildman–Crippen MR) is 238 cm³/mol. The number of rotatable bonds is 10.